The molecule has 2 aromatic rings. The SMILES string of the molecule is I.NC(=NCCNS(=O)(=O)c1ccc(Cl)s1)Nc1ccccc1. The highest BCUT2D eigenvalue weighted by molar-refractivity contribution is 14.0. The van der Waals surface area contributed by atoms with Crippen molar-refractivity contribution in [3.63, 3.8) is 0 Å². The topological polar surface area (TPSA) is 96.6 Å². The molecule has 2 rings (SSSR count). The van der Waals surface area contributed by atoms with E-state index in [0.29, 0.717) is 4.34 Å². The summed E-state index contributed by atoms with van der Waals surface area (Å²) in [4.78, 5) is 4.06. The van der Waals surface area contributed by atoms with Crippen LogP contribution in [-0.4, -0.2) is 27.5 Å². The maximum absolute atomic E-state index is 11.9. The number of rotatable bonds is 6. The normalized spacial score (nSPS) is 11.8. The highest BCUT2D eigenvalue weighted by atomic mass is 127. The molecule has 0 amide bonds. The Balaban J connectivity index is 0.00000264. The fourth-order valence-electron chi connectivity index (χ4n) is 1.58. The molecule has 1 aromatic heterocycles. The summed E-state index contributed by atoms with van der Waals surface area (Å²) in [5, 5.41) is 2.91. The smallest absolute Gasteiger partial charge is 0.250 e. The molecule has 0 spiro atoms. The van der Waals surface area contributed by atoms with E-state index in [1.807, 2.05) is 30.3 Å². The van der Waals surface area contributed by atoms with Crippen molar-refractivity contribution in [2.45, 2.75) is 4.21 Å². The number of sulfonamides is 1. The summed E-state index contributed by atoms with van der Waals surface area (Å²) in [6.07, 6.45) is 0. The minimum absolute atomic E-state index is 0. The number of thiophene rings is 1. The number of para-hydroxylation sites is 1. The Morgan fingerprint density at radius 3 is 2.52 bits per heavy atom. The Kier molecular flexibility index (Phi) is 8.26. The number of benzene rings is 1. The van der Waals surface area contributed by atoms with Crippen molar-refractivity contribution in [3.8, 4) is 0 Å². The zero-order chi connectivity index (χ0) is 16.0. The van der Waals surface area contributed by atoms with Crippen molar-refractivity contribution in [1.29, 1.82) is 0 Å². The van der Waals surface area contributed by atoms with Crippen LogP contribution in [0.15, 0.2) is 51.7 Å². The molecule has 1 aromatic carbocycles. The molecule has 0 aliphatic carbocycles. The van der Waals surface area contributed by atoms with Gasteiger partial charge in [-0.05, 0) is 24.3 Å². The third-order valence-electron chi connectivity index (χ3n) is 2.55. The maximum Gasteiger partial charge on any atom is 0.250 e. The molecule has 0 radical (unpaired) electrons. The molecule has 126 valence electrons. The average Bonchev–Trinajstić information content (AvgIpc) is 2.92. The van der Waals surface area contributed by atoms with Crippen molar-refractivity contribution in [2.75, 3.05) is 18.4 Å². The second kappa shape index (κ2) is 9.42. The number of hydrogen-bond donors (Lipinski definition) is 3. The number of nitrogens with two attached hydrogens (primary N) is 1. The van der Waals surface area contributed by atoms with Crippen LogP contribution in [0.4, 0.5) is 5.69 Å². The van der Waals surface area contributed by atoms with Crippen LogP contribution in [0, 0.1) is 0 Å². The van der Waals surface area contributed by atoms with Crippen LogP contribution in [0.3, 0.4) is 0 Å². The molecular formula is C13H16ClIN4O2S2. The summed E-state index contributed by atoms with van der Waals surface area (Å²) < 4.78 is 26.9. The van der Waals surface area contributed by atoms with Crippen LogP contribution < -0.4 is 15.8 Å². The summed E-state index contributed by atoms with van der Waals surface area (Å²) in [5.41, 5.74) is 6.53. The molecule has 0 fully saturated rings. The Hall–Kier alpha value is -0.880. The van der Waals surface area contributed by atoms with Crippen molar-refractivity contribution in [1.82, 2.24) is 4.72 Å². The van der Waals surface area contributed by atoms with Gasteiger partial charge < -0.3 is 11.1 Å². The fraction of sp³-hybridized carbons (Fsp3) is 0.154. The van der Waals surface area contributed by atoms with Gasteiger partial charge in [0.2, 0.25) is 10.0 Å². The van der Waals surface area contributed by atoms with Gasteiger partial charge in [-0.15, -0.1) is 35.3 Å². The Morgan fingerprint density at radius 2 is 1.91 bits per heavy atom. The first-order valence-electron chi connectivity index (χ1n) is 6.34. The molecule has 1 heterocycles. The van der Waals surface area contributed by atoms with Gasteiger partial charge in [0.15, 0.2) is 5.96 Å². The summed E-state index contributed by atoms with van der Waals surface area (Å²) in [6.45, 7) is 0.374. The zero-order valence-corrected chi connectivity index (χ0v) is 16.6. The van der Waals surface area contributed by atoms with Crippen LogP contribution in [0.2, 0.25) is 4.34 Å². The third kappa shape index (κ3) is 6.63. The standard InChI is InChI=1S/C13H15ClN4O2S2.HI/c14-11-6-7-12(21-11)22(19,20)17-9-8-16-13(15)18-10-4-2-1-3-5-10;/h1-7,17H,8-9H2,(H3,15,16,18);1H. The highest BCUT2D eigenvalue weighted by Crippen LogP contribution is 2.25. The lowest BCUT2D eigenvalue weighted by Crippen LogP contribution is -2.28. The van der Waals surface area contributed by atoms with Gasteiger partial charge >= 0.3 is 0 Å². The second-order valence-corrected chi connectivity index (χ2v) is 7.92. The lowest BCUT2D eigenvalue weighted by atomic mass is 10.3. The average molecular weight is 487 g/mol. The van der Waals surface area contributed by atoms with Crippen LogP contribution in [0.5, 0.6) is 0 Å². The van der Waals surface area contributed by atoms with Crippen LogP contribution in [0.1, 0.15) is 0 Å². The quantitative estimate of drug-likeness (QED) is 0.253. The van der Waals surface area contributed by atoms with E-state index in [4.69, 9.17) is 17.3 Å². The number of hydrogen-bond acceptors (Lipinski definition) is 4. The molecule has 10 heteroatoms. The number of anilines is 1. The van der Waals surface area contributed by atoms with Gasteiger partial charge in [0.05, 0.1) is 10.9 Å². The van der Waals surface area contributed by atoms with Gasteiger partial charge in [-0.3, -0.25) is 4.99 Å². The summed E-state index contributed by atoms with van der Waals surface area (Å²) in [7, 11) is -3.54. The Bertz CT molecular complexity index is 750. The van der Waals surface area contributed by atoms with Crippen molar-refractivity contribution in [2.24, 2.45) is 10.7 Å². The van der Waals surface area contributed by atoms with E-state index in [9.17, 15) is 8.42 Å². The fourth-order valence-corrected chi connectivity index (χ4v) is 4.13. The van der Waals surface area contributed by atoms with Crippen LogP contribution in [0.25, 0.3) is 0 Å². The molecule has 0 bridgehead atoms. The van der Waals surface area contributed by atoms with Crippen molar-refractivity contribution in [3.05, 3.63) is 46.8 Å². The van der Waals surface area contributed by atoms with Crippen LogP contribution >= 0.6 is 46.9 Å². The van der Waals surface area contributed by atoms with Gasteiger partial charge in [0, 0.05) is 12.2 Å². The molecule has 6 nitrogen and oxygen atoms in total. The van der Waals surface area contributed by atoms with Gasteiger partial charge in [-0.2, -0.15) is 0 Å². The van der Waals surface area contributed by atoms with Gasteiger partial charge in [0.1, 0.15) is 4.21 Å². The maximum atomic E-state index is 11.9. The number of guanidine groups is 1. The molecule has 0 unspecified atom stereocenters. The van der Waals surface area contributed by atoms with Crippen molar-refractivity contribution < 1.29 is 8.42 Å². The predicted molar refractivity (Wildman–Crippen MR) is 106 cm³/mol. The first-order chi connectivity index (χ1) is 10.5. The van der Waals surface area contributed by atoms with Gasteiger partial charge in [-0.1, -0.05) is 29.8 Å². The summed E-state index contributed by atoms with van der Waals surface area (Å²) in [6, 6.07) is 12.3. The zero-order valence-electron chi connectivity index (χ0n) is 11.9. The van der Waals surface area contributed by atoms with E-state index >= 15 is 0 Å². The van der Waals surface area contributed by atoms with Gasteiger partial charge in [0.25, 0.3) is 0 Å². The molecule has 0 saturated carbocycles. The largest absolute Gasteiger partial charge is 0.370 e. The van der Waals surface area contributed by atoms with Gasteiger partial charge in [-0.25, -0.2) is 13.1 Å². The molecule has 0 aliphatic rings. The minimum atomic E-state index is -3.54. The molecule has 0 atom stereocenters. The highest BCUT2D eigenvalue weighted by Gasteiger charge is 2.15. The molecule has 4 N–H and O–H groups in total. The number of nitrogens with one attached hydrogen (secondary N) is 2. The molecule has 23 heavy (non-hydrogen) atoms. The second-order valence-electron chi connectivity index (χ2n) is 4.21. The Labute approximate surface area is 161 Å². The third-order valence-corrected chi connectivity index (χ3v) is 5.73. The number of aliphatic imine (C=N–C) groups is 1. The monoisotopic (exact) mass is 486 g/mol. The molecule has 0 aliphatic heterocycles. The van der Waals surface area contributed by atoms with E-state index in [-0.39, 0.29) is 47.2 Å². The number of nitrogens with zero attached hydrogens (tertiary/aromatic N) is 1. The first kappa shape index (κ1) is 20.2. The first-order valence-corrected chi connectivity index (χ1v) is 9.02. The number of halogens is 2. The Morgan fingerprint density at radius 1 is 1.22 bits per heavy atom. The van der Waals surface area contributed by atoms with E-state index in [2.05, 4.69) is 15.0 Å². The van der Waals surface area contributed by atoms with E-state index < -0.39 is 10.0 Å². The summed E-state index contributed by atoms with van der Waals surface area (Å²) in [5.74, 6) is 0.226. The van der Waals surface area contributed by atoms with E-state index in [1.165, 1.54) is 6.07 Å². The van der Waals surface area contributed by atoms with E-state index in [1.54, 1.807) is 6.07 Å². The minimum Gasteiger partial charge on any atom is -0.370 e. The lowest BCUT2D eigenvalue weighted by Gasteiger charge is -2.06. The van der Waals surface area contributed by atoms with Crippen LogP contribution in [-0.2, 0) is 10.0 Å². The molecule has 0 saturated heterocycles. The van der Waals surface area contributed by atoms with E-state index in [0.717, 1.165) is 17.0 Å². The summed E-state index contributed by atoms with van der Waals surface area (Å²) >= 11 is 6.73. The predicted octanol–water partition coefficient (Wildman–Crippen LogP) is 2.72. The van der Waals surface area contributed by atoms with Crippen molar-refractivity contribution >= 4 is 68.6 Å². The lowest BCUT2D eigenvalue weighted by molar-refractivity contribution is 0.584. The molecular weight excluding hydrogens is 471 g/mol.